The minimum absolute atomic E-state index is 0.105. The van der Waals surface area contributed by atoms with Crippen LogP contribution in [0.15, 0.2) is 30.3 Å². The molecule has 2 amide bonds. The topological polar surface area (TPSA) is 166 Å². The standard InChI is InChI=1S/C20H29N5O5S/c21-19(22)14-7-4-8-15(18(14)27)23-17(26)11-25-10-9-16(20(25)28)24-31(29,30)12-13-5-2-1-3-6-13/h1-3,5-6,14-16,18,24,27H,4,7-12H2,(H3,21,22)(H,23,26)/t14?,15?,16-,18?/m0/s1. The number of nitrogens with zero attached hydrogens (tertiary/aromatic N) is 1. The van der Waals surface area contributed by atoms with E-state index in [0.717, 1.165) is 6.42 Å². The Morgan fingerprint density at radius 1 is 1.23 bits per heavy atom. The Labute approximate surface area is 181 Å². The Bertz CT molecular complexity index is 923. The number of likely N-dealkylation sites (tertiary alicyclic amines) is 1. The largest absolute Gasteiger partial charge is 0.390 e. The second-order valence-electron chi connectivity index (χ2n) is 8.12. The number of hydrogen-bond donors (Lipinski definition) is 5. The molecule has 3 unspecified atom stereocenters. The fourth-order valence-electron chi connectivity index (χ4n) is 4.16. The highest BCUT2D eigenvalue weighted by atomic mass is 32.2. The molecule has 2 aliphatic rings. The minimum Gasteiger partial charge on any atom is -0.390 e. The maximum atomic E-state index is 12.6. The van der Waals surface area contributed by atoms with Crippen molar-refractivity contribution >= 4 is 27.7 Å². The molecular formula is C20H29N5O5S. The van der Waals surface area contributed by atoms with Gasteiger partial charge in [-0.15, -0.1) is 0 Å². The number of rotatable bonds is 8. The maximum Gasteiger partial charge on any atom is 0.241 e. The molecule has 11 heteroatoms. The number of aliphatic hydroxyl groups excluding tert-OH is 1. The Morgan fingerprint density at radius 3 is 2.61 bits per heavy atom. The number of benzene rings is 1. The number of aliphatic hydroxyl groups is 1. The number of carbonyl (C=O) groups excluding carboxylic acids is 2. The molecule has 0 aromatic heterocycles. The van der Waals surface area contributed by atoms with Gasteiger partial charge < -0.3 is 21.1 Å². The first-order valence-electron chi connectivity index (χ1n) is 10.3. The molecule has 1 aliphatic carbocycles. The minimum atomic E-state index is -3.71. The summed E-state index contributed by atoms with van der Waals surface area (Å²) in [5.41, 5.74) is 6.13. The van der Waals surface area contributed by atoms with Gasteiger partial charge >= 0.3 is 0 Å². The first-order chi connectivity index (χ1) is 14.7. The Hall–Kier alpha value is -2.50. The Kier molecular flexibility index (Phi) is 7.29. The highest BCUT2D eigenvalue weighted by molar-refractivity contribution is 7.88. The van der Waals surface area contributed by atoms with Gasteiger partial charge in [-0.3, -0.25) is 15.0 Å². The summed E-state index contributed by atoms with van der Waals surface area (Å²) >= 11 is 0. The molecule has 170 valence electrons. The van der Waals surface area contributed by atoms with Crippen molar-refractivity contribution in [2.45, 2.75) is 49.6 Å². The second kappa shape index (κ2) is 9.75. The van der Waals surface area contributed by atoms with Crippen LogP contribution < -0.4 is 15.8 Å². The van der Waals surface area contributed by atoms with Crippen molar-refractivity contribution < 1.29 is 23.1 Å². The predicted molar refractivity (Wildman–Crippen MR) is 114 cm³/mol. The van der Waals surface area contributed by atoms with Crippen LogP contribution in [0.1, 0.15) is 31.2 Å². The third-order valence-corrected chi connectivity index (χ3v) is 7.11. The summed E-state index contributed by atoms with van der Waals surface area (Å²) in [6.45, 7) is 0.0395. The molecule has 4 atom stereocenters. The summed E-state index contributed by atoms with van der Waals surface area (Å²) in [6, 6.07) is 7.24. The van der Waals surface area contributed by atoms with E-state index in [0.29, 0.717) is 18.4 Å². The highest BCUT2D eigenvalue weighted by Gasteiger charge is 2.37. The SMILES string of the molecule is N=C(N)C1CCCC(NC(=O)CN2CC[C@H](NS(=O)(=O)Cc3ccccc3)C2=O)C1O. The van der Waals surface area contributed by atoms with Gasteiger partial charge in [0.05, 0.1) is 30.3 Å². The van der Waals surface area contributed by atoms with E-state index in [9.17, 15) is 23.1 Å². The summed E-state index contributed by atoms with van der Waals surface area (Å²) in [5, 5.41) is 20.6. The van der Waals surface area contributed by atoms with Crippen molar-refractivity contribution in [1.29, 1.82) is 5.41 Å². The number of amidine groups is 1. The zero-order chi connectivity index (χ0) is 22.6. The quantitative estimate of drug-likeness (QED) is 0.259. The number of hydrogen-bond acceptors (Lipinski definition) is 6. The zero-order valence-corrected chi connectivity index (χ0v) is 18.0. The lowest BCUT2D eigenvalue weighted by molar-refractivity contribution is -0.134. The van der Waals surface area contributed by atoms with E-state index >= 15 is 0 Å². The van der Waals surface area contributed by atoms with Gasteiger partial charge in [0, 0.05) is 12.5 Å². The number of amides is 2. The van der Waals surface area contributed by atoms with Gasteiger partial charge in [0.15, 0.2) is 0 Å². The van der Waals surface area contributed by atoms with Gasteiger partial charge in [-0.05, 0) is 24.8 Å². The van der Waals surface area contributed by atoms with E-state index in [1.165, 1.54) is 4.90 Å². The van der Waals surface area contributed by atoms with Crippen LogP contribution >= 0.6 is 0 Å². The molecule has 0 bridgehead atoms. The Balaban J connectivity index is 1.51. The number of carbonyl (C=O) groups is 2. The van der Waals surface area contributed by atoms with E-state index in [1.807, 2.05) is 0 Å². The molecule has 6 N–H and O–H groups in total. The number of nitrogens with two attached hydrogens (primary N) is 1. The maximum absolute atomic E-state index is 12.6. The first kappa shape index (κ1) is 23.2. The fraction of sp³-hybridized carbons (Fsp3) is 0.550. The van der Waals surface area contributed by atoms with Crippen LogP contribution in [0.2, 0.25) is 0 Å². The molecule has 3 rings (SSSR count). The summed E-state index contributed by atoms with van der Waals surface area (Å²) in [6.07, 6.45) is 1.21. The van der Waals surface area contributed by atoms with Crippen LogP contribution in [-0.2, 0) is 25.4 Å². The molecule has 1 aliphatic heterocycles. The lowest BCUT2D eigenvalue weighted by Gasteiger charge is -2.34. The summed E-state index contributed by atoms with van der Waals surface area (Å²) in [4.78, 5) is 26.3. The number of sulfonamides is 1. The van der Waals surface area contributed by atoms with Crippen molar-refractivity contribution in [3.63, 3.8) is 0 Å². The smallest absolute Gasteiger partial charge is 0.241 e. The predicted octanol–water partition coefficient (Wildman–Crippen LogP) is -0.711. The lowest BCUT2D eigenvalue weighted by atomic mass is 9.82. The van der Waals surface area contributed by atoms with Gasteiger partial charge in [-0.1, -0.05) is 36.8 Å². The van der Waals surface area contributed by atoms with Crippen molar-refractivity contribution in [1.82, 2.24) is 14.9 Å². The van der Waals surface area contributed by atoms with Gasteiger partial charge in [0.25, 0.3) is 0 Å². The molecular weight excluding hydrogens is 422 g/mol. The molecule has 2 fully saturated rings. The van der Waals surface area contributed by atoms with Crippen LogP contribution in [0.5, 0.6) is 0 Å². The summed E-state index contributed by atoms with van der Waals surface area (Å²) in [5.74, 6) is -1.70. The third kappa shape index (κ3) is 6.02. The molecule has 1 aromatic rings. The molecule has 0 spiro atoms. The van der Waals surface area contributed by atoms with Crippen LogP contribution in [0.4, 0.5) is 0 Å². The molecule has 1 saturated heterocycles. The van der Waals surface area contributed by atoms with E-state index in [2.05, 4.69) is 10.0 Å². The molecule has 1 heterocycles. The van der Waals surface area contributed by atoms with E-state index in [-0.39, 0.29) is 31.1 Å². The van der Waals surface area contributed by atoms with Gasteiger partial charge in [-0.25, -0.2) is 13.1 Å². The third-order valence-electron chi connectivity index (χ3n) is 5.75. The molecule has 0 radical (unpaired) electrons. The average molecular weight is 452 g/mol. The highest BCUT2D eigenvalue weighted by Crippen LogP contribution is 2.25. The van der Waals surface area contributed by atoms with Crippen molar-refractivity contribution in [2.24, 2.45) is 11.7 Å². The second-order valence-corrected chi connectivity index (χ2v) is 9.87. The summed E-state index contributed by atoms with van der Waals surface area (Å²) in [7, 11) is -3.71. The van der Waals surface area contributed by atoms with Crippen LogP contribution in [0.3, 0.4) is 0 Å². The van der Waals surface area contributed by atoms with Crippen LogP contribution in [0.25, 0.3) is 0 Å². The van der Waals surface area contributed by atoms with Crippen molar-refractivity contribution in [2.75, 3.05) is 13.1 Å². The normalized spacial score (nSPS) is 26.6. The zero-order valence-electron chi connectivity index (χ0n) is 17.2. The molecule has 1 saturated carbocycles. The van der Waals surface area contributed by atoms with E-state index < -0.39 is 45.9 Å². The van der Waals surface area contributed by atoms with Crippen LogP contribution in [0, 0.1) is 11.3 Å². The monoisotopic (exact) mass is 451 g/mol. The molecule has 10 nitrogen and oxygen atoms in total. The summed E-state index contributed by atoms with van der Waals surface area (Å²) < 4.78 is 27.2. The van der Waals surface area contributed by atoms with Crippen LogP contribution in [-0.4, -0.2) is 67.4 Å². The van der Waals surface area contributed by atoms with E-state index in [4.69, 9.17) is 11.1 Å². The molecule has 31 heavy (non-hydrogen) atoms. The van der Waals surface area contributed by atoms with Gasteiger partial charge in [-0.2, -0.15) is 0 Å². The number of nitrogens with one attached hydrogen (secondary N) is 3. The fourth-order valence-corrected chi connectivity index (χ4v) is 5.53. The van der Waals surface area contributed by atoms with Gasteiger partial charge in [0.1, 0.15) is 6.04 Å². The van der Waals surface area contributed by atoms with Crippen molar-refractivity contribution in [3.8, 4) is 0 Å². The average Bonchev–Trinajstić information content (AvgIpc) is 3.02. The molecule has 1 aromatic carbocycles. The van der Waals surface area contributed by atoms with Gasteiger partial charge in [0.2, 0.25) is 21.8 Å². The van der Waals surface area contributed by atoms with E-state index in [1.54, 1.807) is 30.3 Å². The lowest BCUT2D eigenvalue weighted by Crippen LogP contribution is -2.54. The Morgan fingerprint density at radius 2 is 1.94 bits per heavy atom. The van der Waals surface area contributed by atoms with Crippen molar-refractivity contribution in [3.05, 3.63) is 35.9 Å². The first-order valence-corrected chi connectivity index (χ1v) is 12.0.